The second-order valence-corrected chi connectivity index (χ2v) is 4.48. The van der Waals surface area contributed by atoms with Gasteiger partial charge in [0.05, 0.1) is 0 Å². The van der Waals surface area contributed by atoms with E-state index in [2.05, 4.69) is 5.32 Å². The molecule has 0 saturated carbocycles. The molecule has 0 unspecified atom stereocenters. The van der Waals surface area contributed by atoms with E-state index in [9.17, 15) is 9.18 Å². The van der Waals surface area contributed by atoms with E-state index < -0.39 is 5.82 Å². The van der Waals surface area contributed by atoms with Crippen LogP contribution in [-0.4, -0.2) is 5.91 Å². The van der Waals surface area contributed by atoms with Crippen LogP contribution in [0.1, 0.15) is 21.5 Å². The van der Waals surface area contributed by atoms with Gasteiger partial charge in [-0.15, -0.1) is 11.6 Å². The number of alkyl halides is 1. The van der Waals surface area contributed by atoms with Crippen molar-refractivity contribution >= 4 is 23.2 Å². The molecule has 19 heavy (non-hydrogen) atoms. The first-order valence-electron chi connectivity index (χ1n) is 5.83. The summed E-state index contributed by atoms with van der Waals surface area (Å²) in [5.74, 6) is -0.437. The minimum atomic E-state index is -0.390. The largest absolute Gasteiger partial charge is 0.322 e. The van der Waals surface area contributed by atoms with Crippen molar-refractivity contribution in [2.24, 2.45) is 0 Å². The van der Waals surface area contributed by atoms with Gasteiger partial charge in [-0.1, -0.05) is 24.3 Å². The molecule has 98 valence electrons. The molecule has 0 saturated heterocycles. The number of halogens is 2. The SMILES string of the molecule is Cc1ccc(C(=O)Nc2ccccc2CCl)cc1F. The fourth-order valence-electron chi connectivity index (χ4n) is 1.69. The number of para-hydroxylation sites is 1. The molecule has 2 aromatic rings. The quantitative estimate of drug-likeness (QED) is 0.840. The monoisotopic (exact) mass is 277 g/mol. The molecule has 4 heteroatoms. The molecule has 0 fully saturated rings. The van der Waals surface area contributed by atoms with E-state index in [1.807, 2.05) is 12.1 Å². The van der Waals surface area contributed by atoms with Crippen molar-refractivity contribution in [3.63, 3.8) is 0 Å². The van der Waals surface area contributed by atoms with Gasteiger partial charge in [0.2, 0.25) is 0 Å². The Balaban J connectivity index is 2.23. The van der Waals surface area contributed by atoms with Crippen molar-refractivity contribution < 1.29 is 9.18 Å². The third-order valence-electron chi connectivity index (χ3n) is 2.84. The van der Waals surface area contributed by atoms with Gasteiger partial charge in [0.15, 0.2) is 0 Å². The molecular formula is C15H13ClFNO. The molecule has 0 aliphatic heterocycles. The van der Waals surface area contributed by atoms with Crippen LogP contribution in [0.3, 0.4) is 0 Å². The molecular weight excluding hydrogens is 265 g/mol. The zero-order valence-electron chi connectivity index (χ0n) is 10.4. The predicted octanol–water partition coefficient (Wildman–Crippen LogP) is 4.13. The molecule has 0 radical (unpaired) electrons. The lowest BCUT2D eigenvalue weighted by Crippen LogP contribution is -2.13. The Morgan fingerprint density at radius 3 is 2.68 bits per heavy atom. The van der Waals surface area contributed by atoms with E-state index in [4.69, 9.17) is 11.6 Å². The second kappa shape index (κ2) is 5.85. The molecule has 0 heterocycles. The Kier molecular flexibility index (Phi) is 4.17. The second-order valence-electron chi connectivity index (χ2n) is 4.21. The van der Waals surface area contributed by atoms with Crippen LogP contribution in [0.15, 0.2) is 42.5 Å². The molecule has 1 amide bonds. The summed E-state index contributed by atoms with van der Waals surface area (Å²) >= 11 is 5.80. The highest BCUT2D eigenvalue weighted by Gasteiger charge is 2.10. The Morgan fingerprint density at radius 1 is 1.26 bits per heavy atom. The zero-order chi connectivity index (χ0) is 13.8. The summed E-state index contributed by atoms with van der Waals surface area (Å²) in [5, 5.41) is 2.73. The maximum Gasteiger partial charge on any atom is 0.255 e. The molecule has 0 aliphatic rings. The summed E-state index contributed by atoms with van der Waals surface area (Å²) < 4.78 is 13.4. The van der Waals surface area contributed by atoms with E-state index in [1.54, 1.807) is 31.2 Å². The standard InChI is InChI=1S/C15H13ClFNO/c1-10-6-7-11(8-13(10)17)15(19)18-14-5-3-2-4-12(14)9-16/h2-8H,9H2,1H3,(H,18,19). The molecule has 0 spiro atoms. The Morgan fingerprint density at radius 2 is 2.00 bits per heavy atom. The van der Waals surface area contributed by atoms with Crippen LogP contribution in [-0.2, 0) is 5.88 Å². The number of anilines is 1. The first kappa shape index (κ1) is 13.6. The highest BCUT2D eigenvalue weighted by atomic mass is 35.5. The number of benzene rings is 2. The molecule has 1 N–H and O–H groups in total. The number of nitrogens with one attached hydrogen (secondary N) is 1. The number of amides is 1. The van der Waals surface area contributed by atoms with Gasteiger partial charge < -0.3 is 5.32 Å². The van der Waals surface area contributed by atoms with Crippen molar-refractivity contribution in [3.05, 3.63) is 65.0 Å². The smallest absolute Gasteiger partial charge is 0.255 e. The summed E-state index contributed by atoms with van der Waals surface area (Å²) in [7, 11) is 0. The fourth-order valence-corrected chi connectivity index (χ4v) is 1.92. The van der Waals surface area contributed by atoms with Crippen LogP contribution in [0.2, 0.25) is 0 Å². The van der Waals surface area contributed by atoms with Crippen molar-refractivity contribution in [2.75, 3.05) is 5.32 Å². The number of rotatable bonds is 3. The highest BCUT2D eigenvalue weighted by molar-refractivity contribution is 6.17. The summed E-state index contributed by atoms with van der Waals surface area (Å²) in [4.78, 5) is 12.0. The first-order valence-corrected chi connectivity index (χ1v) is 6.36. The average Bonchev–Trinajstić information content (AvgIpc) is 2.42. The lowest BCUT2D eigenvalue weighted by molar-refractivity contribution is 0.102. The van der Waals surface area contributed by atoms with E-state index >= 15 is 0 Å². The van der Waals surface area contributed by atoms with Crippen molar-refractivity contribution in [1.82, 2.24) is 0 Å². The van der Waals surface area contributed by atoms with Crippen LogP contribution in [0.25, 0.3) is 0 Å². The van der Waals surface area contributed by atoms with E-state index in [0.29, 0.717) is 17.1 Å². The molecule has 2 aromatic carbocycles. The van der Waals surface area contributed by atoms with Crippen molar-refractivity contribution in [2.45, 2.75) is 12.8 Å². The van der Waals surface area contributed by atoms with Crippen molar-refractivity contribution in [3.8, 4) is 0 Å². The van der Waals surface area contributed by atoms with E-state index in [0.717, 1.165) is 5.56 Å². The average molecular weight is 278 g/mol. The maximum absolute atomic E-state index is 13.4. The number of carbonyl (C=O) groups is 1. The van der Waals surface area contributed by atoms with E-state index in [1.165, 1.54) is 6.07 Å². The molecule has 2 nitrogen and oxygen atoms in total. The number of hydrogen-bond acceptors (Lipinski definition) is 1. The minimum Gasteiger partial charge on any atom is -0.322 e. The lowest BCUT2D eigenvalue weighted by Gasteiger charge is -2.09. The van der Waals surface area contributed by atoms with Gasteiger partial charge in [0.25, 0.3) is 5.91 Å². The minimum absolute atomic E-state index is 0.285. The topological polar surface area (TPSA) is 29.1 Å². The van der Waals surface area contributed by atoms with Gasteiger partial charge in [-0.05, 0) is 36.2 Å². The molecule has 0 atom stereocenters. The number of aryl methyl sites for hydroxylation is 1. The van der Waals surface area contributed by atoms with Gasteiger partial charge in [0, 0.05) is 17.1 Å². The lowest BCUT2D eigenvalue weighted by atomic mass is 10.1. The predicted molar refractivity (Wildman–Crippen MR) is 75.1 cm³/mol. The van der Waals surface area contributed by atoms with Crippen LogP contribution in [0.4, 0.5) is 10.1 Å². The Bertz CT molecular complexity index is 613. The normalized spacial score (nSPS) is 10.3. The van der Waals surface area contributed by atoms with Crippen LogP contribution >= 0.6 is 11.6 Å². The van der Waals surface area contributed by atoms with Gasteiger partial charge >= 0.3 is 0 Å². The van der Waals surface area contributed by atoms with Crippen LogP contribution in [0, 0.1) is 12.7 Å². The number of carbonyl (C=O) groups excluding carboxylic acids is 1. The fraction of sp³-hybridized carbons (Fsp3) is 0.133. The van der Waals surface area contributed by atoms with Crippen LogP contribution in [0.5, 0.6) is 0 Å². The van der Waals surface area contributed by atoms with Crippen LogP contribution < -0.4 is 5.32 Å². The molecule has 0 aromatic heterocycles. The van der Waals surface area contributed by atoms with Gasteiger partial charge in [-0.25, -0.2) is 4.39 Å². The third-order valence-corrected chi connectivity index (χ3v) is 3.13. The first-order chi connectivity index (χ1) is 9.11. The Hall–Kier alpha value is -1.87. The van der Waals surface area contributed by atoms with Gasteiger partial charge in [-0.2, -0.15) is 0 Å². The molecule has 2 rings (SSSR count). The maximum atomic E-state index is 13.4. The zero-order valence-corrected chi connectivity index (χ0v) is 11.2. The van der Waals surface area contributed by atoms with E-state index in [-0.39, 0.29) is 11.5 Å². The number of hydrogen-bond donors (Lipinski definition) is 1. The molecule has 0 bridgehead atoms. The Labute approximate surface area is 116 Å². The highest BCUT2D eigenvalue weighted by Crippen LogP contribution is 2.18. The summed E-state index contributed by atoms with van der Waals surface area (Å²) in [5.41, 5.74) is 2.26. The third kappa shape index (κ3) is 3.12. The summed E-state index contributed by atoms with van der Waals surface area (Å²) in [6, 6.07) is 11.7. The summed E-state index contributed by atoms with van der Waals surface area (Å²) in [6.07, 6.45) is 0. The molecule has 0 aliphatic carbocycles. The summed E-state index contributed by atoms with van der Waals surface area (Å²) in [6.45, 7) is 1.65. The van der Waals surface area contributed by atoms with Crippen molar-refractivity contribution in [1.29, 1.82) is 0 Å². The van der Waals surface area contributed by atoms with Gasteiger partial charge in [0.1, 0.15) is 5.82 Å². The van der Waals surface area contributed by atoms with Gasteiger partial charge in [-0.3, -0.25) is 4.79 Å².